The van der Waals surface area contributed by atoms with Gasteiger partial charge in [0.25, 0.3) is 0 Å². The minimum atomic E-state index is -0.431. The maximum atomic E-state index is 9.31. The van der Waals surface area contributed by atoms with Crippen molar-refractivity contribution in [2.24, 2.45) is 0 Å². The molecule has 43 heavy (non-hydrogen) atoms. The first-order valence-electron chi connectivity index (χ1n) is 18.1. The van der Waals surface area contributed by atoms with Crippen molar-refractivity contribution >= 4 is 54.3 Å². The Labute approximate surface area is 260 Å². The highest BCUT2D eigenvalue weighted by Crippen LogP contribution is 2.45. The van der Waals surface area contributed by atoms with E-state index in [-0.39, 0.29) is 45.7 Å². The number of furan rings is 1. The standard InChI is InChI=1S/C42H26O/c1-2-15-31-27(11-1)12-10-21-32(31)28-13-9-14-29(25-28)41-34-17-3-5-19-36(34)42(37-20-6-4-18-35(37)41)30-23-24-40-38(26-30)33-16-7-8-22-39(33)43-40/h1-26H/i3D,4D,5D,6D,17D,18D,19D,20D. The SMILES string of the molecule is [2H]c1c([2H])c([2H])c2c(-c3ccc4oc5ccccc5c4c3)c3c([2H])c([2H])c([2H])c([2H])c3c(-c3cccc(-c4cccc5ccccc45)c3)c2c1[2H]. The lowest BCUT2D eigenvalue weighted by molar-refractivity contribution is 0.669. The first-order chi connectivity index (χ1) is 24.7. The van der Waals surface area contributed by atoms with Crippen LogP contribution in [0.3, 0.4) is 0 Å². The van der Waals surface area contributed by atoms with Gasteiger partial charge in [-0.2, -0.15) is 0 Å². The first-order valence-corrected chi connectivity index (χ1v) is 14.1. The van der Waals surface area contributed by atoms with Crippen molar-refractivity contribution in [3.8, 4) is 33.4 Å². The molecule has 0 fully saturated rings. The molecule has 0 atom stereocenters. The molecular formula is C42H26O. The predicted molar refractivity (Wildman–Crippen MR) is 183 cm³/mol. The number of benzene rings is 8. The number of para-hydroxylation sites is 1. The van der Waals surface area contributed by atoms with E-state index in [0.717, 1.165) is 32.7 Å². The summed E-state index contributed by atoms with van der Waals surface area (Å²) in [6, 6.07) is 31.8. The van der Waals surface area contributed by atoms with Crippen LogP contribution in [0.25, 0.3) is 87.6 Å². The fourth-order valence-corrected chi connectivity index (χ4v) is 6.40. The van der Waals surface area contributed by atoms with E-state index < -0.39 is 24.2 Å². The topological polar surface area (TPSA) is 13.1 Å². The van der Waals surface area contributed by atoms with Crippen molar-refractivity contribution in [2.75, 3.05) is 0 Å². The van der Waals surface area contributed by atoms with Gasteiger partial charge >= 0.3 is 0 Å². The highest BCUT2D eigenvalue weighted by Gasteiger charge is 2.18. The Morgan fingerprint density at radius 3 is 1.70 bits per heavy atom. The van der Waals surface area contributed by atoms with E-state index in [0.29, 0.717) is 33.4 Å². The molecule has 0 aliphatic carbocycles. The Kier molecular flexibility index (Phi) is 3.80. The fourth-order valence-electron chi connectivity index (χ4n) is 6.40. The van der Waals surface area contributed by atoms with Crippen LogP contribution in [0, 0.1) is 0 Å². The van der Waals surface area contributed by atoms with Crippen molar-refractivity contribution in [1.82, 2.24) is 0 Å². The molecule has 0 radical (unpaired) electrons. The van der Waals surface area contributed by atoms with Crippen LogP contribution in [0.5, 0.6) is 0 Å². The van der Waals surface area contributed by atoms with Gasteiger partial charge in [-0.05, 0) is 90.0 Å². The minimum absolute atomic E-state index is 0.177. The summed E-state index contributed by atoms with van der Waals surface area (Å²) in [6.45, 7) is 0. The van der Waals surface area contributed by atoms with Gasteiger partial charge in [0.2, 0.25) is 0 Å². The lowest BCUT2D eigenvalue weighted by atomic mass is 9.85. The van der Waals surface area contributed by atoms with E-state index >= 15 is 0 Å². The second-order valence-electron chi connectivity index (χ2n) is 10.7. The van der Waals surface area contributed by atoms with Gasteiger partial charge in [-0.15, -0.1) is 0 Å². The van der Waals surface area contributed by atoms with Crippen molar-refractivity contribution < 1.29 is 15.4 Å². The average Bonchev–Trinajstić information content (AvgIpc) is 3.54. The molecule has 0 saturated carbocycles. The van der Waals surface area contributed by atoms with Gasteiger partial charge in [0, 0.05) is 10.8 Å². The van der Waals surface area contributed by atoms with Gasteiger partial charge in [-0.25, -0.2) is 0 Å². The highest BCUT2D eigenvalue weighted by atomic mass is 16.3. The Morgan fingerprint density at radius 2 is 0.953 bits per heavy atom. The van der Waals surface area contributed by atoms with E-state index in [1.165, 1.54) is 0 Å². The van der Waals surface area contributed by atoms with Crippen molar-refractivity contribution in [3.05, 3.63) is 158 Å². The second-order valence-corrected chi connectivity index (χ2v) is 10.7. The summed E-state index contributed by atoms with van der Waals surface area (Å²) in [4.78, 5) is 0. The van der Waals surface area contributed by atoms with Crippen molar-refractivity contribution in [1.29, 1.82) is 0 Å². The zero-order chi connectivity index (χ0) is 35.3. The lowest BCUT2D eigenvalue weighted by Gasteiger charge is -2.18. The molecule has 1 heteroatoms. The molecule has 9 rings (SSSR count). The Bertz CT molecular complexity index is 2880. The van der Waals surface area contributed by atoms with Crippen LogP contribution in [-0.2, 0) is 0 Å². The molecule has 0 unspecified atom stereocenters. The maximum absolute atomic E-state index is 9.31. The molecule has 0 aliphatic heterocycles. The van der Waals surface area contributed by atoms with Gasteiger partial charge in [0.05, 0.1) is 11.0 Å². The molecule has 200 valence electrons. The summed E-state index contributed by atoms with van der Waals surface area (Å²) >= 11 is 0. The Morgan fingerprint density at radius 1 is 0.395 bits per heavy atom. The van der Waals surface area contributed by atoms with E-state index in [4.69, 9.17) is 9.90 Å². The number of hydrogen-bond acceptors (Lipinski definition) is 1. The highest BCUT2D eigenvalue weighted by molar-refractivity contribution is 6.22. The van der Waals surface area contributed by atoms with Crippen molar-refractivity contribution in [2.45, 2.75) is 0 Å². The molecule has 0 amide bonds. The van der Waals surface area contributed by atoms with Crippen molar-refractivity contribution in [3.63, 3.8) is 0 Å². The van der Waals surface area contributed by atoms with Gasteiger partial charge in [-0.3, -0.25) is 0 Å². The molecule has 1 aromatic heterocycles. The Hall–Kier alpha value is -5.66. The second kappa shape index (κ2) is 9.44. The van der Waals surface area contributed by atoms with Crippen LogP contribution in [0.15, 0.2) is 162 Å². The summed E-state index contributed by atoms with van der Waals surface area (Å²) in [5.74, 6) is 0. The summed E-state index contributed by atoms with van der Waals surface area (Å²) in [5.41, 5.74) is 4.85. The quantitative estimate of drug-likeness (QED) is 0.198. The summed E-state index contributed by atoms with van der Waals surface area (Å²) in [7, 11) is 0. The molecule has 1 nitrogen and oxygen atoms in total. The molecule has 0 N–H and O–H groups in total. The molecular weight excluding hydrogens is 520 g/mol. The normalized spacial score (nSPS) is 14.3. The van der Waals surface area contributed by atoms with Crippen LogP contribution in [0.4, 0.5) is 0 Å². The zero-order valence-electron chi connectivity index (χ0n) is 30.8. The van der Waals surface area contributed by atoms with Gasteiger partial charge in [0.15, 0.2) is 0 Å². The average molecular weight is 555 g/mol. The molecule has 9 aromatic rings. The number of fused-ring (bicyclic) bond motifs is 6. The molecule has 0 spiro atoms. The van der Waals surface area contributed by atoms with E-state index in [2.05, 4.69) is 0 Å². The fraction of sp³-hybridized carbons (Fsp3) is 0. The summed E-state index contributed by atoms with van der Waals surface area (Å²) in [6.07, 6.45) is 0. The lowest BCUT2D eigenvalue weighted by Crippen LogP contribution is -1.91. The molecule has 1 heterocycles. The predicted octanol–water partition coefficient (Wildman–Crippen LogP) is 12.0. The number of rotatable bonds is 3. The molecule has 0 saturated heterocycles. The van der Waals surface area contributed by atoms with Gasteiger partial charge in [-0.1, -0.05) is 133 Å². The minimum Gasteiger partial charge on any atom is -0.456 e. The monoisotopic (exact) mass is 554 g/mol. The van der Waals surface area contributed by atoms with Gasteiger partial charge < -0.3 is 4.42 Å². The largest absolute Gasteiger partial charge is 0.456 e. The van der Waals surface area contributed by atoms with Gasteiger partial charge in [0.1, 0.15) is 11.2 Å². The molecule has 8 aromatic carbocycles. The zero-order valence-corrected chi connectivity index (χ0v) is 22.8. The Balaban J connectivity index is 1.48. The summed E-state index contributed by atoms with van der Waals surface area (Å²) in [5, 5.41) is 4.44. The van der Waals surface area contributed by atoms with E-state index in [1.807, 2.05) is 97.1 Å². The maximum Gasteiger partial charge on any atom is 0.135 e. The van der Waals surface area contributed by atoms with Crippen LogP contribution >= 0.6 is 0 Å². The third kappa shape index (κ3) is 3.72. The molecule has 0 bridgehead atoms. The first kappa shape index (κ1) is 17.3. The van der Waals surface area contributed by atoms with Crippen LogP contribution in [0.2, 0.25) is 0 Å². The van der Waals surface area contributed by atoms with Crippen LogP contribution < -0.4 is 0 Å². The summed E-state index contributed by atoms with van der Waals surface area (Å²) < 4.78 is 78.4. The van der Waals surface area contributed by atoms with E-state index in [1.54, 1.807) is 12.1 Å². The number of hydrogen-bond donors (Lipinski definition) is 0. The van der Waals surface area contributed by atoms with Crippen LogP contribution in [-0.4, -0.2) is 0 Å². The van der Waals surface area contributed by atoms with Crippen LogP contribution in [0.1, 0.15) is 11.0 Å². The van der Waals surface area contributed by atoms with E-state index in [9.17, 15) is 5.48 Å². The molecule has 0 aliphatic rings. The third-order valence-electron chi connectivity index (χ3n) is 8.29. The smallest absolute Gasteiger partial charge is 0.135 e. The third-order valence-corrected chi connectivity index (χ3v) is 8.29.